The lowest BCUT2D eigenvalue weighted by Gasteiger charge is -2.45. The Bertz CT molecular complexity index is 236. The Balaban J connectivity index is 1.91. The van der Waals surface area contributed by atoms with E-state index in [0.717, 1.165) is 29.6 Å². The Morgan fingerprint density at radius 3 is 2.50 bits per heavy atom. The van der Waals surface area contributed by atoms with Gasteiger partial charge in [0.05, 0.1) is 0 Å². The van der Waals surface area contributed by atoms with Gasteiger partial charge in [0.2, 0.25) is 0 Å². The lowest BCUT2D eigenvalue weighted by Crippen LogP contribution is -2.49. The van der Waals surface area contributed by atoms with E-state index in [9.17, 15) is 0 Å². The van der Waals surface area contributed by atoms with Gasteiger partial charge in [-0.3, -0.25) is 0 Å². The molecule has 3 saturated carbocycles. The van der Waals surface area contributed by atoms with E-state index in [4.69, 9.17) is 5.73 Å². The van der Waals surface area contributed by atoms with E-state index in [1.165, 1.54) is 32.1 Å². The summed E-state index contributed by atoms with van der Waals surface area (Å²) in [6, 6.07) is 0. The van der Waals surface area contributed by atoms with Crippen molar-refractivity contribution in [3.63, 3.8) is 0 Å². The minimum atomic E-state index is 0.0758. The van der Waals surface area contributed by atoms with Crippen LogP contribution in [0.3, 0.4) is 0 Å². The minimum Gasteiger partial charge on any atom is -0.325 e. The Morgan fingerprint density at radius 1 is 1.00 bits per heavy atom. The highest BCUT2D eigenvalue weighted by Crippen LogP contribution is 2.60. The Labute approximate surface area is 87.4 Å². The zero-order chi connectivity index (χ0) is 9.92. The fourth-order valence-electron chi connectivity index (χ4n) is 5.02. The predicted molar refractivity (Wildman–Crippen MR) is 58.8 cm³/mol. The van der Waals surface area contributed by atoms with Crippen LogP contribution in [0.2, 0.25) is 0 Å². The molecule has 3 fully saturated rings. The molecule has 3 aliphatic rings. The van der Waals surface area contributed by atoms with Crippen molar-refractivity contribution in [2.24, 2.45) is 35.3 Å². The molecule has 0 aromatic rings. The molecular weight excluding hydrogens is 170 g/mol. The zero-order valence-corrected chi connectivity index (χ0v) is 9.50. The van der Waals surface area contributed by atoms with Gasteiger partial charge in [0.1, 0.15) is 0 Å². The van der Waals surface area contributed by atoms with Crippen LogP contribution >= 0.6 is 0 Å². The molecule has 0 spiro atoms. The molecule has 3 rings (SSSR count). The molecule has 14 heavy (non-hydrogen) atoms. The van der Waals surface area contributed by atoms with Crippen LogP contribution in [0.4, 0.5) is 0 Å². The first-order valence-corrected chi connectivity index (χ1v) is 6.34. The molecule has 0 radical (unpaired) electrons. The zero-order valence-electron chi connectivity index (χ0n) is 9.50. The van der Waals surface area contributed by atoms with Gasteiger partial charge in [0.15, 0.2) is 0 Å². The second kappa shape index (κ2) is 2.75. The van der Waals surface area contributed by atoms with E-state index < -0.39 is 0 Å². The summed E-state index contributed by atoms with van der Waals surface area (Å²) in [5.74, 6) is 4.93. The quantitative estimate of drug-likeness (QED) is 0.681. The van der Waals surface area contributed by atoms with E-state index in [2.05, 4.69) is 13.8 Å². The largest absolute Gasteiger partial charge is 0.325 e. The highest BCUT2D eigenvalue weighted by atomic mass is 14.8. The lowest BCUT2D eigenvalue weighted by molar-refractivity contribution is 0.0663. The summed E-state index contributed by atoms with van der Waals surface area (Å²) < 4.78 is 0. The first-order chi connectivity index (χ1) is 6.55. The van der Waals surface area contributed by atoms with Gasteiger partial charge in [-0.1, -0.05) is 6.42 Å². The summed E-state index contributed by atoms with van der Waals surface area (Å²) >= 11 is 0. The minimum absolute atomic E-state index is 0.0758. The van der Waals surface area contributed by atoms with E-state index in [1.807, 2.05) is 0 Å². The highest BCUT2D eigenvalue weighted by molar-refractivity contribution is 5.05. The molecule has 0 aromatic carbocycles. The van der Waals surface area contributed by atoms with Gasteiger partial charge in [0, 0.05) is 5.54 Å². The van der Waals surface area contributed by atoms with Crippen LogP contribution < -0.4 is 5.73 Å². The third-order valence-corrected chi connectivity index (χ3v) is 5.23. The van der Waals surface area contributed by atoms with Crippen molar-refractivity contribution in [1.82, 2.24) is 0 Å². The average Bonchev–Trinajstić information content (AvgIpc) is 2.23. The average molecular weight is 193 g/mol. The van der Waals surface area contributed by atoms with Crippen LogP contribution in [-0.4, -0.2) is 5.54 Å². The van der Waals surface area contributed by atoms with Crippen molar-refractivity contribution in [2.75, 3.05) is 0 Å². The molecular formula is C13H23N. The summed E-state index contributed by atoms with van der Waals surface area (Å²) in [5.41, 5.74) is 6.44. The van der Waals surface area contributed by atoms with Gasteiger partial charge in [0.25, 0.3) is 0 Å². The maximum atomic E-state index is 6.36. The fourth-order valence-corrected chi connectivity index (χ4v) is 5.02. The van der Waals surface area contributed by atoms with Crippen molar-refractivity contribution in [3.05, 3.63) is 0 Å². The molecule has 1 nitrogen and oxygen atoms in total. The maximum Gasteiger partial charge on any atom is 0.0131 e. The van der Waals surface area contributed by atoms with Crippen LogP contribution in [0.15, 0.2) is 0 Å². The van der Waals surface area contributed by atoms with Crippen molar-refractivity contribution >= 4 is 0 Å². The van der Waals surface area contributed by atoms with E-state index in [-0.39, 0.29) is 5.54 Å². The molecule has 80 valence electrons. The second-order valence-corrected chi connectivity index (χ2v) is 6.68. The number of rotatable bonds is 1. The van der Waals surface area contributed by atoms with Crippen molar-refractivity contribution in [2.45, 2.75) is 51.5 Å². The molecule has 5 atom stereocenters. The summed E-state index contributed by atoms with van der Waals surface area (Å²) in [6.45, 7) is 4.50. The summed E-state index contributed by atoms with van der Waals surface area (Å²) in [6.07, 6.45) is 7.55. The fraction of sp³-hybridized carbons (Fsp3) is 1.00. The third kappa shape index (κ3) is 1.18. The van der Waals surface area contributed by atoms with Crippen molar-refractivity contribution in [3.8, 4) is 0 Å². The van der Waals surface area contributed by atoms with Crippen molar-refractivity contribution < 1.29 is 0 Å². The van der Waals surface area contributed by atoms with Crippen molar-refractivity contribution in [1.29, 1.82) is 0 Å². The molecule has 3 aliphatic carbocycles. The molecule has 0 saturated heterocycles. The standard InChI is InChI=1S/C13H23N/c1-13(2,14)12-10-5-8-3-4-9(7-10)11(12)6-8/h8-12H,3-7,14H2,1-2H3. The number of hydrogen-bond donors (Lipinski definition) is 1. The molecule has 0 amide bonds. The van der Waals surface area contributed by atoms with Gasteiger partial charge in [-0.15, -0.1) is 0 Å². The van der Waals surface area contributed by atoms with Crippen LogP contribution in [0, 0.1) is 29.6 Å². The molecule has 2 N–H and O–H groups in total. The van der Waals surface area contributed by atoms with E-state index >= 15 is 0 Å². The Kier molecular flexibility index (Phi) is 1.81. The topological polar surface area (TPSA) is 26.0 Å². The molecule has 3 bridgehead atoms. The summed E-state index contributed by atoms with van der Waals surface area (Å²) in [7, 11) is 0. The first-order valence-electron chi connectivity index (χ1n) is 6.34. The van der Waals surface area contributed by atoms with Gasteiger partial charge >= 0.3 is 0 Å². The van der Waals surface area contributed by atoms with Gasteiger partial charge in [-0.05, 0) is 69.1 Å². The summed E-state index contributed by atoms with van der Waals surface area (Å²) in [4.78, 5) is 0. The van der Waals surface area contributed by atoms with Crippen LogP contribution in [0.1, 0.15) is 46.0 Å². The van der Waals surface area contributed by atoms with Gasteiger partial charge < -0.3 is 5.73 Å². The monoisotopic (exact) mass is 193 g/mol. The van der Waals surface area contributed by atoms with E-state index in [1.54, 1.807) is 0 Å². The second-order valence-electron chi connectivity index (χ2n) is 6.68. The Morgan fingerprint density at radius 2 is 1.79 bits per heavy atom. The van der Waals surface area contributed by atoms with Crippen LogP contribution in [0.5, 0.6) is 0 Å². The number of hydrogen-bond acceptors (Lipinski definition) is 1. The van der Waals surface area contributed by atoms with Crippen LogP contribution in [-0.2, 0) is 0 Å². The first kappa shape index (κ1) is 9.21. The molecule has 1 heteroatoms. The smallest absolute Gasteiger partial charge is 0.0131 e. The number of nitrogens with two attached hydrogens (primary N) is 1. The lowest BCUT2D eigenvalue weighted by atomic mass is 9.62. The molecule has 5 unspecified atom stereocenters. The predicted octanol–water partition coefficient (Wildman–Crippen LogP) is 2.80. The van der Waals surface area contributed by atoms with Gasteiger partial charge in [-0.2, -0.15) is 0 Å². The highest BCUT2D eigenvalue weighted by Gasteiger charge is 2.54. The molecule has 0 aromatic heterocycles. The third-order valence-electron chi connectivity index (χ3n) is 5.23. The SMILES string of the molecule is CC(C)(N)C1C2CC3CCC(C2)C1C3. The number of fused-ring (bicyclic) bond motifs is 2. The maximum absolute atomic E-state index is 6.36. The molecule has 0 aliphatic heterocycles. The summed E-state index contributed by atoms with van der Waals surface area (Å²) in [5, 5.41) is 0. The normalized spacial score (nSPS) is 51.2. The van der Waals surface area contributed by atoms with Gasteiger partial charge in [-0.25, -0.2) is 0 Å². The van der Waals surface area contributed by atoms with Crippen LogP contribution in [0.25, 0.3) is 0 Å². The van der Waals surface area contributed by atoms with E-state index in [0.29, 0.717) is 0 Å². The molecule has 0 heterocycles. The Hall–Kier alpha value is -0.0400.